The monoisotopic (exact) mass is 532 g/mol. The largest absolute Gasteiger partial charge is 0.573 e. The van der Waals surface area contributed by atoms with Crippen LogP contribution in [0.4, 0.5) is 23.4 Å². The molecule has 1 aliphatic rings. The second-order valence-electron chi connectivity index (χ2n) is 9.60. The first-order valence-electron chi connectivity index (χ1n) is 12.2. The van der Waals surface area contributed by atoms with Crippen molar-refractivity contribution in [2.24, 2.45) is 5.92 Å². The molecule has 2 aromatic carbocycles. The molecule has 194 valence electrons. The number of hydrogen-bond acceptors (Lipinski definition) is 5. The Bertz CT molecular complexity index is 1420. The number of benzene rings is 2. The number of para-hydroxylation sites is 1. The molecule has 0 amide bonds. The van der Waals surface area contributed by atoms with Gasteiger partial charge in [-0.2, -0.15) is 0 Å². The lowest BCUT2D eigenvalue weighted by atomic mass is 9.76. The lowest BCUT2D eigenvalue weighted by Crippen LogP contribution is -2.23. The summed E-state index contributed by atoms with van der Waals surface area (Å²) >= 11 is 6.04. The third-order valence-corrected chi connectivity index (χ3v) is 7.15. The lowest BCUT2D eigenvalue weighted by molar-refractivity contribution is -0.274. The van der Waals surface area contributed by atoms with Gasteiger partial charge >= 0.3 is 6.36 Å². The van der Waals surface area contributed by atoms with E-state index in [0.29, 0.717) is 23.0 Å². The van der Waals surface area contributed by atoms with Crippen LogP contribution in [0.5, 0.6) is 5.75 Å². The number of aromatic nitrogens is 3. The number of alkyl halides is 3. The zero-order valence-electron chi connectivity index (χ0n) is 20.0. The SMILES string of the molecule is CC(C[C@H]1CC[C@H](c2ccnc3ccc(F)cc32)CC1)Nc1nc(Cl)nc2c(OC(F)(F)F)cccc12. The van der Waals surface area contributed by atoms with Crippen molar-refractivity contribution in [2.45, 2.75) is 57.3 Å². The molecule has 1 aliphatic carbocycles. The van der Waals surface area contributed by atoms with Gasteiger partial charge in [-0.3, -0.25) is 4.98 Å². The van der Waals surface area contributed by atoms with Gasteiger partial charge in [0.25, 0.3) is 0 Å². The van der Waals surface area contributed by atoms with E-state index in [4.69, 9.17) is 11.6 Å². The van der Waals surface area contributed by atoms with Crippen molar-refractivity contribution < 1.29 is 22.3 Å². The molecule has 1 fully saturated rings. The summed E-state index contributed by atoms with van der Waals surface area (Å²) in [7, 11) is 0. The van der Waals surface area contributed by atoms with Crippen LogP contribution in [0.15, 0.2) is 48.7 Å². The fourth-order valence-corrected chi connectivity index (χ4v) is 5.58. The van der Waals surface area contributed by atoms with E-state index < -0.39 is 12.1 Å². The zero-order chi connectivity index (χ0) is 26.2. The Labute approximate surface area is 216 Å². The molecular formula is C27H25ClF4N4O. The molecular weight excluding hydrogens is 508 g/mol. The highest BCUT2D eigenvalue weighted by Crippen LogP contribution is 2.40. The molecule has 0 saturated heterocycles. The summed E-state index contributed by atoms with van der Waals surface area (Å²) in [4.78, 5) is 12.6. The van der Waals surface area contributed by atoms with Crippen LogP contribution in [0, 0.1) is 11.7 Å². The normalized spacial score (nSPS) is 19.2. The van der Waals surface area contributed by atoms with Crippen LogP contribution >= 0.6 is 11.6 Å². The number of pyridine rings is 1. The molecule has 1 saturated carbocycles. The number of rotatable bonds is 6. The Balaban J connectivity index is 1.26. The van der Waals surface area contributed by atoms with Crippen LogP contribution < -0.4 is 10.1 Å². The van der Waals surface area contributed by atoms with Crippen LogP contribution in [-0.4, -0.2) is 27.4 Å². The van der Waals surface area contributed by atoms with Gasteiger partial charge in [0, 0.05) is 23.0 Å². The summed E-state index contributed by atoms with van der Waals surface area (Å²) in [5.41, 5.74) is 1.95. The summed E-state index contributed by atoms with van der Waals surface area (Å²) in [5.74, 6) is 0.505. The highest BCUT2D eigenvalue weighted by Gasteiger charge is 2.32. The van der Waals surface area contributed by atoms with E-state index in [1.807, 2.05) is 13.0 Å². The Kier molecular flexibility index (Phi) is 7.07. The molecule has 5 rings (SSSR count). The maximum atomic E-state index is 13.9. The lowest BCUT2D eigenvalue weighted by Gasteiger charge is -2.31. The van der Waals surface area contributed by atoms with Crippen molar-refractivity contribution in [1.29, 1.82) is 0 Å². The number of nitrogens with zero attached hydrogens (tertiary/aromatic N) is 3. The van der Waals surface area contributed by atoms with Gasteiger partial charge in [-0.15, -0.1) is 13.2 Å². The minimum absolute atomic E-state index is 0.00115. The highest BCUT2D eigenvalue weighted by atomic mass is 35.5. The molecule has 0 aliphatic heterocycles. The van der Waals surface area contributed by atoms with Crippen molar-refractivity contribution in [3.63, 3.8) is 0 Å². The third kappa shape index (κ3) is 5.87. The van der Waals surface area contributed by atoms with Crippen LogP contribution in [-0.2, 0) is 0 Å². The number of nitrogens with one attached hydrogen (secondary N) is 1. The van der Waals surface area contributed by atoms with E-state index in [1.165, 1.54) is 18.2 Å². The van der Waals surface area contributed by atoms with Crippen molar-refractivity contribution in [3.8, 4) is 5.75 Å². The van der Waals surface area contributed by atoms with Gasteiger partial charge in [-0.05, 0) is 104 Å². The Morgan fingerprint density at radius 3 is 2.59 bits per heavy atom. The first-order chi connectivity index (χ1) is 17.7. The minimum atomic E-state index is -4.85. The molecule has 0 bridgehead atoms. The maximum absolute atomic E-state index is 13.9. The number of ether oxygens (including phenoxy) is 1. The van der Waals surface area contributed by atoms with Gasteiger partial charge in [-0.1, -0.05) is 6.07 Å². The quantitative estimate of drug-likeness (QED) is 0.201. The molecule has 1 atom stereocenters. The van der Waals surface area contributed by atoms with E-state index in [2.05, 4.69) is 25.0 Å². The summed E-state index contributed by atoms with van der Waals surface area (Å²) in [6.45, 7) is 2.02. The standard InChI is InChI=1S/C27H25ClF4N4O/c1-15(34-25-20-3-2-4-23(37-27(30,31)32)24(20)35-26(28)36-25)13-16-5-7-17(8-6-16)19-11-12-33-22-10-9-18(29)14-21(19)22/h2-4,9-12,14-17H,5-8,13H2,1H3,(H,34,35,36)/t15?,16-,17-. The second kappa shape index (κ2) is 10.3. The van der Waals surface area contributed by atoms with E-state index >= 15 is 0 Å². The molecule has 4 aromatic rings. The number of halogens is 5. The van der Waals surface area contributed by atoms with Crippen LogP contribution in [0.3, 0.4) is 0 Å². The topological polar surface area (TPSA) is 59.9 Å². The van der Waals surface area contributed by atoms with Crippen LogP contribution in [0.25, 0.3) is 21.8 Å². The Hall–Kier alpha value is -3.20. The van der Waals surface area contributed by atoms with Crippen LogP contribution in [0.2, 0.25) is 5.28 Å². The van der Waals surface area contributed by atoms with Crippen molar-refractivity contribution in [2.75, 3.05) is 5.32 Å². The first kappa shape index (κ1) is 25.4. The summed E-state index contributed by atoms with van der Waals surface area (Å²) in [6.07, 6.45) is 1.83. The Morgan fingerprint density at radius 1 is 1.05 bits per heavy atom. The molecule has 2 aromatic heterocycles. The van der Waals surface area contributed by atoms with E-state index in [1.54, 1.807) is 24.4 Å². The molecule has 10 heteroatoms. The van der Waals surface area contributed by atoms with Gasteiger partial charge in [0.1, 0.15) is 17.2 Å². The molecule has 5 nitrogen and oxygen atoms in total. The third-order valence-electron chi connectivity index (χ3n) is 6.98. The molecule has 1 N–H and O–H groups in total. The average molecular weight is 533 g/mol. The van der Waals surface area contributed by atoms with E-state index in [0.717, 1.165) is 48.6 Å². The number of fused-ring (bicyclic) bond motifs is 2. The first-order valence-corrected chi connectivity index (χ1v) is 12.6. The van der Waals surface area contributed by atoms with Crippen molar-refractivity contribution >= 4 is 39.2 Å². The minimum Gasteiger partial charge on any atom is -0.403 e. The van der Waals surface area contributed by atoms with Gasteiger partial charge in [-0.25, -0.2) is 14.4 Å². The predicted molar refractivity (Wildman–Crippen MR) is 135 cm³/mol. The molecule has 1 unspecified atom stereocenters. The summed E-state index contributed by atoms with van der Waals surface area (Å²) in [5, 5.41) is 4.43. The van der Waals surface area contributed by atoms with Gasteiger partial charge in [0.15, 0.2) is 5.75 Å². The van der Waals surface area contributed by atoms with E-state index in [9.17, 15) is 17.6 Å². The predicted octanol–water partition coefficient (Wildman–Crippen LogP) is 8.03. The molecule has 2 heterocycles. The van der Waals surface area contributed by atoms with Crippen molar-refractivity contribution in [3.05, 3.63) is 65.3 Å². The zero-order valence-corrected chi connectivity index (χ0v) is 20.8. The van der Waals surface area contributed by atoms with Gasteiger partial charge in [0.2, 0.25) is 5.28 Å². The van der Waals surface area contributed by atoms with Gasteiger partial charge < -0.3 is 10.1 Å². The van der Waals surface area contributed by atoms with Crippen molar-refractivity contribution in [1.82, 2.24) is 15.0 Å². The highest BCUT2D eigenvalue weighted by molar-refractivity contribution is 6.29. The fraction of sp³-hybridized carbons (Fsp3) is 0.370. The average Bonchev–Trinajstić information content (AvgIpc) is 2.84. The fourth-order valence-electron chi connectivity index (χ4n) is 5.41. The van der Waals surface area contributed by atoms with Crippen LogP contribution in [0.1, 0.15) is 50.5 Å². The smallest absolute Gasteiger partial charge is 0.403 e. The Morgan fingerprint density at radius 2 is 1.84 bits per heavy atom. The van der Waals surface area contributed by atoms with E-state index in [-0.39, 0.29) is 22.7 Å². The number of hydrogen-bond donors (Lipinski definition) is 1. The van der Waals surface area contributed by atoms with Gasteiger partial charge in [0.05, 0.1) is 5.52 Å². The number of anilines is 1. The maximum Gasteiger partial charge on any atom is 0.573 e. The summed E-state index contributed by atoms with van der Waals surface area (Å²) < 4.78 is 56.5. The molecule has 0 radical (unpaired) electrons. The molecule has 0 spiro atoms. The summed E-state index contributed by atoms with van der Waals surface area (Å²) in [6, 6.07) is 11.0. The second-order valence-corrected chi connectivity index (χ2v) is 9.94. The molecule has 37 heavy (non-hydrogen) atoms.